The molecule has 182 valence electrons. The van der Waals surface area contributed by atoms with Crippen molar-refractivity contribution in [1.82, 2.24) is 9.55 Å². The molecule has 4 rings (SSSR count). The van der Waals surface area contributed by atoms with Gasteiger partial charge in [-0.25, -0.2) is 9.18 Å². The Morgan fingerprint density at radius 2 is 1.83 bits per heavy atom. The standard InChI is InChI=1S/C26H26FN3O4S/c1-26(2,14-31)19-13-20(30-10-9-21(32)28-25(30)33)23(27)22(24(19)34-3)17-6-5-16-12-18(29-35-4)8-7-15(16)11-17/h5-13,29,31H,14H2,1-4H3,(H,28,32,33). The number of hydrogen-bond acceptors (Lipinski definition) is 6. The van der Waals surface area contributed by atoms with Gasteiger partial charge in [-0.05, 0) is 40.6 Å². The summed E-state index contributed by atoms with van der Waals surface area (Å²) in [6.45, 7) is 3.36. The van der Waals surface area contributed by atoms with E-state index in [1.54, 1.807) is 19.9 Å². The van der Waals surface area contributed by atoms with E-state index in [0.29, 0.717) is 11.1 Å². The molecule has 0 atom stereocenters. The molecule has 1 heterocycles. The van der Waals surface area contributed by atoms with E-state index in [-0.39, 0.29) is 23.6 Å². The van der Waals surface area contributed by atoms with E-state index >= 15 is 4.39 Å². The number of rotatable bonds is 7. The van der Waals surface area contributed by atoms with Crippen LogP contribution in [0.2, 0.25) is 0 Å². The number of hydrogen-bond donors (Lipinski definition) is 3. The van der Waals surface area contributed by atoms with Gasteiger partial charge in [0.05, 0.1) is 25.0 Å². The van der Waals surface area contributed by atoms with Gasteiger partial charge in [-0.2, -0.15) is 0 Å². The van der Waals surface area contributed by atoms with Crippen LogP contribution in [0.25, 0.3) is 27.6 Å². The first-order valence-corrected chi connectivity index (χ1v) is 12.1. The first kappa shape index (κ1) is 24.6. The van der Waals surface area contributed by atoms with E-state index in [1.807, 2.05) is 36.6 Å². The van der Waals surface area contributed by atoms with Crippen LogP contribution >= 0.6 is 11.9 Å². The van der Waals surface area contributed by atoms with Gasteiger partial charge in [0.1, 0.15) is 5.75 Å². The van der Waals surface area contributed by atoms with Crippen molar-refractivity contribution in [3.63, 3.8) is 0 Å². The number of nitrogens with zero attached hydrogens (tertiary/aromatic N) is 1. The van der Waals surface area contributed by atoms with Crippen molar-refractivity contribution in [2.75, 3.05) is 24.7 Å². The zero-order valence-corrected chi connectivity index (χ0v) is 20.6. The van der Waals surface area contributed by atoms with Gasteiger partial charge in [0.25, 0.3) is 5.56 Å². The molecule has 0 amide bonds. The van der Waals surface area contributed by atoms with Crippen LogP contribution in [0.4, 0.5) is 10.1 Å². The summed E-state index contributed by atoms with van der Waals surface area (Å²) in [5.74, 6) is -0.420. The zero-order chi connectivity index (χ0) is 25.3. The van der Waals surface area contributed by atoms with Crippen molar-refractivity contribution in [2.24, 2.45) is 0 Å². The molecule has 4 aromatic rings. The average Bonchev–Trinajstić information content (AvgIpc) is 2.84. The summed E-state index contributed by atoms with van der Waals surface area (Å²) < 4.78 is 26.1. The van der Waals surface area contributed by atoms with Gasteiger partial charge in [0.15, 0.2) is 5.82 Å². The highest BCUT2D eigenvalue weighted by Gasteiger charge is 2.30. The Kier molecular flexibility index (Phi) is 6.73. The third kappa shape index (κ3) is 4.56. The molecule has 0 bridgehead atoms. The molecule has 0 saturated carbocycles. The monoisotopic (exact) mass is 495 g/mol. The van der Waals surface area contributed by atoms with Crippen molar-refractivity contribution < 1.29 is 14.2 Å². The predicted octanol–water partition coefficient (Wildman–Crippen LogP) is 4.45. The third-order valence-corrected chi connectivity index (χ3v) is 6.40. The van der Waals surface area contributed by atoms with Crippen molar-refractivity contribution >= 4 is 28.4 Å². The fourth-order valence-corrected chi connectivity index (χ4v) is 4.41. The normalized spacial score (nSPS) is 11.6. The van der Waals surface area contributed by atoms with Crippen LogP contribution in [0.1, 0.15) is 19.4 Å². The highest BCUT2D eigenvalue weighted by atomic mass is 32.2. The van der Waals surface area contributed by atoms with Gasteiger partial charge in [-0.15, -0.1) is 0 Å². The Bertz CT molecular complexity index is 1530. The minimum absolute atomic E-state index is 0.0572. The first-order chi connectivity index (χ1) is 16.7. The van der Waals surface area contributed by atoms with E-state index < -0.39 is 22.5 Å². The lowest BCUT2D eigenvalue weighted by atomic mass is 9.82. The number of methoxy groups -OCH3 is 1. The molecule has 3 aromatic carbocycles. The van der Waals surface area contributed by atoms with Crippen molar-refractivity contribution in [3.05, 3.63) is 86.9 Å². The molecule has 0 aliphatic heterocycles. The molecular weight excluding hydrogens is 469 g/mol. The van der Waals surface area contributed by atoms with E-state index in [4.69, 9.17) is 4.74 Å². The maximum atomic E-state index is 16.2. The Morgan fingerprint density at radius 1 is 1.11 bits per heavy atom. The van der Waals surface area contributed by atoms with Gasteiger partial charge in [0.2, 0.25) is 0 Å². The number of nitrogens with one attached hydrogen (secondary N) is 2. The molecule has 3 N–H and O–H groups in total. The van der Waals surface area contributed by atoms with Crippen LogP contribution in [0.15, 0.2) is 64.3 Å². The summed E-state index contributed by atoms with van der Waals surface area (Å²) in [4.78, 5) is 26.3. The highest BCUT2D eigenvalue weighted by Crippen LogP contribution is 2.44. The molecule has 7 nitrogen and oxygen atoms in total. The zero-order valence-electron chi connectivity index (χ0n) is 19.8. The van der Waals surface area contributed by atoms with Gasteiger partial charge in [0, 0.05) is 35.2 Å². The minimum atomic E-state index is -0.816. The van der Waals surface area contributed by atoms with E-state index in [1.165, 1.54) is 31.3 Å². The second-order valence-electron chi connectivity index (χ2n) is 8.77. The number of ether oxygens (including phenoxy) is 1. The van der Waals surface area contributed by atoms with Crippen LogP contribution in [0.5, 0.6) is 5.75 Å². The lowest BCUT2D eigenvalue weighted by Gasteiger charge is -2.28. The maximum Gasteiger partial charge on any atom is 0.333 e. The number of anilines is 1. The largest absolute Gasteiger partial charge is 0.496 e. The molecule has 0 saturated heterocycles. The van der Waals surface area contributed by atoms with Crippen molar-refractivity contribution in [2.45, 2.75) is 19.3 Å². The van der Waals surface area contributed by atoms with Gasteiger partial charge < -0.3 is 14.6 Å². The van der Waals surface area contributed by atoms with Crippen LogP contribution in [-0.2, 0) is 5.41 Å². The topological polar surface area (TPSA) is 96.3 Å². The van der Waals surface area contributed by atoms with Crippen molar-refractivity contribution in [1.29, 1.82) is 0 Å². The number of H-pyrrole nitrogens is 1. The Morgan fingerprint density at radius 3 is 2.49 bits per heavy atom. The summed E-state index contributed by atoms with van der Waals surface area (Å²) in [6, 6.07) is 14.1. The molecule has 1 aromatic heterocycles. The van der Waals surface area contributed by atoms with Crippen molar-refractivity contribution in [3.8, 4) is 22.6 Å². The number of halogens is 1. The van der Waals surface area contributed by atoms with Gasteiger partial charge in [-0.3, -0.25) is 14.3 Å². The molecule has 9 heteroatoms. The van der Waals surface area contributed by atoms with E-state index in [2.05, 4.69) is 9.71 Å². The minimum Gasteiger partial charge on any atom is -0.496 e. The quantitative estimate of drug-likeness (QED) is 0.328. The Labute approximate surface area is 205 Å². The number of aliphatic hydroxyl groups is 1. The molecule has 0 aliphatic carbocycles. The van der Waals surface area contributed by atoms with E-state index in [0.717, 1.165) is 27.1 Å². The molecule has 0 fully saturated rings. The molecule has 35 heavy (non-hydrogen) atoms. The number of aromatic nitrogens is 2. The Balaban J connectivity index is 2.05. The number of aromatic amines is 1. The summed E-state index contributed by atoms with van der Waals surface area (Å²) in [6.07, 6.45) is 3.17. The molecule has 0 spiro atoms. The summed E-state index contributed by atoms with van der Waals surface area (Å²) in [7, 11) is 1.45. The smallest absolute Gasteiger partial charge is 0.333 e. The van der Waals surface area contributed by atoms with Crippen LogP contribution in [-0.4, -0.2) is 34.6 Å². The highest BCUT2D eigenvalue weighted by molar-refractivity contribution is 7.99. The van der Waals surface area contributed by atoms with Crippen LogP contribution in [0.3, 0.4) is 0 Å². The third-order valence-electron chi connectivity index (χ3n) is 5.96. The fourth-order valence-electron chi connectivity index (χ4n) is 4.05. The molecule has 0 radical (unpaired) electrons. The fraction of sp³-hybridized carbons (Fsp3) is 0.231. The van der Waals surface area contributed by atoms with Crippen LogP contribution in [0, 0.1) is 5.82 Å². The molecular formula is C26H26FN3O4S. The summed E-state index contributed by atoms with van der Waals surface area (Å²) >= 11 is 1.49. The number of benzene rings is 3. The lowest BCUT2D eigenvalue weighted by Crippen LogP contribution is -2.29. The summed E-state index contributed by atoms with van der Waals surface area (Å²) in [5, 5.41) is 12.0. The number of aliphatic hydroxyl groups excluding tert-OH is 1. The maximum absolute atomic E-state index is 16.2. The summed E-state index contributed by atoms with van der Waals surface area (Å²) in [5.41, 5.74) is -0.0464. The first-order valence-electron chi connectivity index (χ1n) is 10.9. The van der Waals surface area contributed by atoms with Crippen LogP contribution < -0.4 is 20.7 Å². The second-order valence-corrected chi connectivity index (χ2v) is 9.38. The van der Waals surface area contributed by atoms with Gasteiger partial charge >= 0.3 is 5.69 Å². The molecule has 0 aliphatic rings. The second kappa shape index (κ2) is 9.59. The Hall–Kier alpha value is -3.56. The lowest BCUT2D eigenvalue weighted by molar-refractivity contribution is 0.214. The average molecular weight is 496 g/mol. The van der Waals surface area contributed by atoms with Gasteiger partial charge in [-0.1, -0.05) is 44.0 Å². The molecule has 0 unspecified atom stereocenters. The SMILES string of the molecule is COc1c(C(C)(C)CO)cc(-n2ccc(=O)[nH]c2=O)c(F)c1-c1ccc2cc(NSC)ccc2c1. The number of fused-ring (bicyclic) bond motifs is 1. The predicted molar refractivity (Wildman–Crippen MR) is 139 cm³/mol. The van der Waals surface area contributed by atoms with E-state index in [9.17, 15) is 14.7 Å².